The zero-order chi connectivity index (χ0) is 24.4. The number of anilines is 1. The Morgan fingerprint density at radius 3 is 2.33 bits per heavy atom. The molecule has 0 atom stereocenters. The molecule has 0 aliphatic heterocycles. The number of nitriles is 1. The normalized spacial score (nSPS) is 11.6. The average Bonchev–Trinajstić information content (AvgIpc) is 3.22. The molecule has 0 aliphatic rings. The standard InChI is InChI=1S/C20H17F3N6O3S/c1-19(2,8-24)11-7-10(5-6-25-11)13-14(20(21,22)23)28-18(33-13)29-15(30)12-16(31-3)26-9-27-17(12)32-4/h5-7,9H,1-4H3,(H,28,29,30). The maximum Gasteiger partial charge on any atom is 0.434 e. The van der Waals surface area contributed by atoms with E-state index in [0.717, 1.165) is 6.33 Å². The van der Waals surface area contributed by atoms with Gasteiger partial charge in [-0.15, -0.1) is 0 Å². The van der Waals surface area contributed by atoms with Crippen molar-refractivity contribution in [3.05, 3.63) is 41.6 Å². The lowest BCUT2D eigenvalue weighted by molar-refractivity contribution is -0.140. The molecule has 0 aromatic carbocycles. The van der Waals surface area contributed by atoms with E-state index < -0.39 is 23.2 Å². The lowest BCUT2D eigenvalue weighted by atomic mass is 9.90. The molecule has 33 heavy (non-hydrogen) atoms. The lowest BCUT2D eigenvalue weighted by Crippen LogP contribution is -2.16. The fourth-order valence-corrected chi connectivity index (χ4v) is 3.73. The molecule has 0 spiro atoms. The molecule has 0 unspecified atom stereocenters. The van der Waals surface area contributed by atoms with Crippen molar-refractivity contribution >= 4 is 22.4 Å². The molecule has 3 rings (SSSR count). The van der Waals surface area contributed by atoms with Crippen molar-refractivity contribution < 1.29 is 27.4 Å². The lowest BCUT2D eigenvalue weighted by Gasteiger charge is -2.15. The van der Waals surface area contributed by atoms with Crippen LogP contribution < -0.4 is 14.8 Å². The van der Waals surface area contributed by atoms with Gasteiger partial charge in [-0.2, -0.15) is 18.4 Å². The number of pyridine rings is 1. The van der Waals surface area contributed by atoms with Crippen molar-refractivity contribution in [1.82, 2.24) is 19.9 Å². The van der Waals surface area contributed by atoms with E-state index in [-0.39, 0.29) is 32.9 Å². The summed E-state index contributed by atoms with van der Waals surface area (Å²) in [5.74, 6) is -1.10. The Morgan fingerprint density at radius 2 is 1.79 bits per heavy atom. The molecule has 3 aromatic heterocycles. The Kier molecular flexibility index (Phi) is 6.50. The molecule has 0 saturated heterocycles. The van der Waals surface area contributed by atoms with Gasteiger partial charge in [-0.25, -0.2) is 15.0 Å². The predicted molar refractivity (Wildman–Crippen MR) is 112 cm³/mol. The molecule has 0 aliphatic carbocycles. The number of ether oxygens (including phenoxy) is 2. The van der Waals surface area contributed by atoms with Gasteiger partial charge in [-0.3, -0.25) is 15.1 Å². The minimum absolute atomic E-state index is 0.121. The van der Waals surface area contributed by atoms with Gasteiger partial charge in [0.2, 0.25) is 11.8 Å². The summed E-state index contributed by atoms with van der Waals surface area (Å²) in [7, 11) is 2.54. The van der Waals surface area contributed by atoms with E-state index >= 15 is 0 Å². The molecule has 3 heterocycles. The van der Waals surface area contributed by atoms with E-state index in [1.807, 2.05) is 0 Å². The summed E-state index contributed by atoms with van der Waals surface area (Å²) in [6, 6.07) is 4.84. The van der Waals surface area contributed by atoms with Crippen LogP contribution in [0.2, 0.25) is 0 Å². The van der Waals surface area contributed by atoms with Gasteiger partial charge in [0.05, 0.1) is 36.3 Å². The highest BCUT2D eigenvalue weighted by molar-refractivity contribution is 7.19. The van der Waals surface area contributed by atoms with E-state index in [2.05, 4.69) is 31.3 Å². The number of methoxy groups -OCH3 is 2. The number of rotatable bonds is 6. The summed E-state index contributed by atoms with van der Waals surface area (Å²) in [6.07, 6.45) is -2.37. The third-order valence-corrected chi connectivity index (χ3v) is 5.47. The highest BCUT2D eigenvalue weighted by Gasteiger charge is 2.39. The van der Waals surface area contributed by atoms with Crippen LogP contribution >= 0.6 is 11.3 Å². The van der Waals surface area contributed by atoms with Gasteiger partial charge >= 0.3 is 6.18 Å². The topological polar surface area (TPSA) is 123 Å². The van der Waals surface area contributed by atoms with Crippen LogP contribution in [0.5, 0.6) is 11.8 Å². The second kappa shape index (κ2) is 8.99. The average molecular weight is 478 g/mol. The molecule has 1 amide bonds. The molecule has 13 heteroatoms. The summed E-state index contributed by atoms with van der Waals surface area (Å²) < 4.78 is 51.3. The van der Waals surface area contributed by atoms with Crippen molar-refractivity contribution in [2.24, 2.45) is 0 Å². The number of halogens is 3. The number of hydrogen-bond donors (Lipinski definition) is 1. The number of thiazole rings is 1. The predicted octanol–water partition coefficient (Wildman–Crippen LogP) is 4.08. The third kappa shape index (κ3) is 4.85. The van der Waals surface area contributed by atoms with E-state index in [0.29, 0.717) is 17.0 Å². The van der Waals surface area contributed by atoms with Crippen LogP contribution in [0.4, 0.5) is 18.3 Å². The molecule has 0 saturated carbocycles. The zero-order valence-corrected chi connectivity index (χ0v) is 18.6. The van der Waals surface area contributed by atoms with E-state index in [1.54, 1.807) is 13.8 Å². The fourth-order valence-electron chi connectivity index (χ4n) is 2.75. The van der Waals surface area contributed by atoms with Crippen LogP contribution in [0.3, 0.4) is 0 Å². The molecular formula is C20H17F3N6O3S. The van der Waals surface area contributed by atoms with E-state index in [1.165, 1.54) is 32.5 Å². The number of nitrogens with zero attached hydrogens (tertiary/aromatic N) is 5. The first-order valence-corrected chi connectivity index (χ1v) is 10.0. The Hall–Kier alpha value is -3.79. The molecular weight excluding hydrogens is 461 g/mol. The van der Waals surface area contributed by atoms with Crippen molar-refractivity contribution in [1.29, 1.82) is 5.26 Å². The number of carbonyl (C=O) groups is 1. The summed E-state index contributed by atoms with van der Waals surface area (Å²) in [5.41, 5.74) is -1.94. The maximum atomic E-state index is 13.7. The quantitative estimate of drug-likeness (QED) is 0.562. The molecule has 9 nitrogen and oxygen atoms in total. The largest absolute Gasteiger partial charge is 0.480 e. The summed E-state index contributed by atoms with van der Waals surface area (Å²) >= 11 is 0.620. The van der Waals surface area contributed by atoms with Gasteiger partial charge in [-0.05, 0) is 31.5 Å². The highest BCUT2D eigenvalue weighted by Crippen LogP contribution is 2.42. The van der Waals surface area contributed by atoms with E-state index in [9.17, 15) is 23.2 Å². The van der Waals surface area contributed by atoms with Gasteiger partial charge in [0.25, 0.3) is 5.91 Å². The number of nitrogens with one attached hydrogen (secondary N) is 1. The molecule has 0 radical (unpaired) electrons. The van der Waals surface area contributed by atoms with Crippen molar-refractivity contribution in [3.8, 4) is 28.3 Å². The van der Waals surface area contributed by atoms with Crippen LogP contribution in [0, 0.1) is 11.3 Å². The molecule has 3 aromatic rings. The van der Waals surface area contributed by atoms with Crippen molar-refractivity contribution in [2.45, 2.75) is 25.4 Å². The van der Waals surface area contributed by atoms with Crippen LogP contribution in [-0.2, 0) is 11.6 Å². The van der Waals surface area contributed by atoms with Crippen molar-refractivity contribution in [3.63, 3.8) is 0 Å². The number of amides is 1. The number of carbonyl (C=O) groups excluding carboxylic acids is 1. The van der Waals surface area contributed by atoms with Gasteiger partial charge < -0.3 is 9.47 Å². The maximum absolute atomic E-state index is 13.7. The molecule has 0 bridgehead atoms. The monoisotopic (exact) mass is 478 g/mol. The fraction of sp³-hybridized carbons (Fsp3) is 0.300. The Labute approximate surface area is 190 Å². The van der Waals surface area contributed by atoms with Crippen molar-refractivity contribution in [2.75, 3.05) is 19.5 Å². The van der Waals surface area contributed by atoms with Crippen LogP contribution in [0.1, 0.15) is 35.6 Å². The molecule has 0 fully saturated rings. The Bertz CT molecular complexity index is 1210. The first-order valence-electron chi connectivity index (χ1n) is 9.22. The minimum atomic E-state index is -4.80. The van der Waals surface area contributed by atoms with Gasteiger partial charge in [0.1, 0.15) is 6.33 Å². The highest BCUT2D eigenvalue weighted by atomic mass is 32.1. The summed E-state index contributed by atoms with van der Waals surface area (Å²) in [4.78, 5) is 27.9. The van der Waals surface area contributed by atoms with Gasteiger partial charge in [0, 0.05) is 6.20 Å². The first kappa shape index (κ1) is 23.9. The number of hydrogen-bond acceptors (Lipinski definition) is 9. The Morgan fingerprint density at radius 1 is 1.15 bits per heavy atom. The first-order chi connectivity index (χ1) is 15.5. The van der Waals surface area contributed by atoms with Crippen LogP contribution in [-0.4, -0.2) is 40.1 Å². The van der Waals surface area contributed by atoms with E-state index in [4.69, 9.17) is 9.47 Å². The smallest absolute Gasteiger partial charge is 0.434 e. The zero-order valence-electron chi connectivity index (χ0n) is 17.8. The number of alkyl halides is 3. The SMILES string of the molecule is COc1ncnc(OC)c1C(=O)Nc1nc(C(F)(F)F)c(-c2ccnc(C(C)(C)C#N)c2)s1. The van der Waals surface area contributed by atoms with Crippen LogP contribution in [0.15, 0.2) is 24.7 Å². The Balaban J connectivity index is 2.06. The summed E-state index contributed by atoms with van der Waals surface area (Å²) in [6.45, 7) is 3.20. The van der Waals surface area contributed by atoms with Gasteiger partial charge in [0.15, 0.2) is 16.4 Å². The second-order valence-electron chi connectivity index (χ2n) is 7.08. The summed E-state index contributed by atoms with van der Waals surface area (Å²) in [5, 5.41) is 11.3. The van der Waals surface area contributed by atoms with Gasteiger partial charge in [-0.1, -0.05) is 11.3 Å². The molecule has 1 N–H and O–H groups in total. The minimum Gasteiger partial charge on any atom is -0.480 e. The number of aromatic nitrogens is 4. The second-order valence-corrected chi connectivity index (χ2v) is 8.08. The molecule has 172 valence electrons. The third-order valence-electron chi connectivity index (χ3n) is 4.45. The van der Waals surface area contributed by atoms with Crippen LogP contribution in [0.25, 0.3) is 10.4 Å².